The lowest BCUT2D eigenvalue weighted by molar-refractivity contribution is 0.590. The zero-order chi connectivity index (χ0) is 21.1. The third-order valence-electron chi connectivity index (χ3n) is 5.61. The van der Waals surface area contributed by atoms with Crippen LogP contribution >= 0.6 is 31.9 Å². The van der Waals surface area contributed by atoms with Gasteiger partial charge < -0.3 is 4.57 Å². The molecule has 0 spiro atoms. The van der Waals surface area contributed by atoms with Crippen LogP contribution in [0.1, 0.15) is 52.7 Å². The molecule has 0 unspecified atom stereocenters. The largest absolute Gasteiger partial charge is 0.307 e. The molecule has 0 radical (unpaired) electrons. The minimum Gasteiger partial charge on any atom is -0.307 e. The fourth-order valence-electron chi connectivity index (χ4n) is 3.88. The van der Waals surface area contributed by atoms with Crippen LogP contribution in [0.4, 0.5) is 0 Å². The summed E-state index contributed by atoms with van der Waals surface area (Å²) < 4.78 is 4.63. The monoisotopic (exact) mass is 511 g/mol. The molecular formula is C26H27Br2N. The van der Waals surface area contributed by atoms with Gasteiger partial charge in [0.15, 0.2) is 0 Å². The van der Waals surface area contributed by atoms with Crippen LogP contribution in [0.3, 0.4) is 0 Å². The lowest BCUT2D eigenvalue weighted by Gasteiger charge is -2.20. The zero-order valence-electron chi connectivity index (χ0n) is 17.9. The average molecular weight is 513 g/mol. The second-order valence-corrected chi connectivity index (χ2v) is 11.6. The number of fused-ring (bicyclic) bond motifs is 3. The number of para-hydroxylation sites is 1. The fourth-order valence-corrected chi connectivity index (χ4v) is 5.15. The van der Waals surface area contributed by atoms with E-state index in [2.05, 4.69) is 133 Å². The summed E-state index contributed by atoms with van der Waals surface area (Å²) in [6.45, 7) is 13.6. The van der Waals surface area contributed by atoms with E-state index in [9.17, 15) is 0 Å². The highest BCUT2D eigenvalue weighted by molar-refractivity contribution is 9.11. The van der Waals surface area contributed by atoms with Gasteiger partial charge in [-0.25, -0.2) is 0 Å². The molecule has 0 fully saturated rings. The quantitative estimate of drug-likeness (QED) is 0.240. The first kappa shape index (κ1) is 20.7. The van der Waals surface area contributed by atoms with Gasteiger partial charge in [-0.05, 0) is 90.2 Å². The maximum absolute atomic E-state index is 3.91. The van der Waals surface area contributed by atoms with Gasteiger partial charge in [0.25, 0.3) is 0 Å². The van der Waals surface area contributed by atoms with E-state index in [1.165, 1.54) is 38.6 Å². The van der Waals surface area contributed by atoms with Crippen molar-refractivity contribution in [3.05, 3.63) is 74.7 Å². The van der Waals surface area contributed by atoms with Crippen molar-refractivity contribution in [3.63, 3.8) is 0 Å². The molecule has 29 heavy (non-hydrogen) atoms. The van der Waals surface area contributed by atoms with E-state index in [-0.39, 0.29) is 10.8 Å². The molecule has 3 heteroatoms. The molecule has 150 valence electrons. The number of hydrogen-bond donors (Lipinski definition) is 0. The second kappa shape index (κ2) is 6.99. The Kier molecular flexibility index (Phi) is 4.99. The van der Waals surface area contributed by atoms with E-state index in [4.69, 9.17) is 0 Å². The van der Waals surface area contributed by atoms with Crippen LogP contribution in [-0.2, 0) is 10.8 Å². The highest BCUT2D eigenvalue weighted by atomic mass is 79.9. The molecular weight excluding hydrogens is 486 g/mol. The zero-order valence-corrected chi connectivity index (χ0v) is 21.1. The van der Waals surface area contributed by atoms with Crippen LogP contribution in [0.5, 0.6) is 0 Å². The molecule has 0 aliphatic heterocycles. The molecule has 4 aromatic rings. The Morgan fingerprint density at radius 3 is 1.41 bits per heavy atom. The van der Waals surface area contributed by atoms with Gasteiger partial charge in [-0.15, -0.1) is 0 Å². The van der Waals surface area contributed by atoms with Crippen molar-refractivity contribution in [2.24, 2.45) is 0 Å². The third kappa shape index (κ3) is 3.57. The Hall–Kier alpha value is -1.58. The van der Waals surface area contributed by atoms with Gasteiger partial charge in [-0.1, -0.05) is 59.7 Å². The van der Waals surface area contributed by atoms with E-state index in [1.807, 2.05) is 0 Å². The minimum absolute atomic E-state index is 0.0801. The molecule has 0 N–H and O–H groups in total. The Balaban J connectivity index is 2.24. The topological polar surface area (TPSA) is 4.93 Å². The van der Waals surface area contributed by atoms with E-state index < -0.39 is 0 Å². The molecule has 4 rings (SSSR count). The average Bonchev–Trinajstić information content (AvgIpc) is 2.97. The van der Waals surface area contributed by atoms with E-state index >= 15 is 0 Å². The van der Waals surface area contributed by atoms with Crippen LogP contribution < -0.4 is 0 Å². The summed E-state index contributed by atoms with van der Waals surface area (Å²) in [5.74, 6) is 0. The number of benzene rings is 3. The first-order valence-electron chi connectivity index (χ1n) is 10.0. The highest BCUT2D eigenvalue weighted by Crippen LogP contribution is 2.43. The summed E-state index contributed by atoms with van der Waals surface area (Å²) in [5.41, 5.74) is 6.42. The lowest BCUT2D eigenvalue weighted by Crippen LogP contribution is -2.11. The SMILES string of the molecule is CC(C)(C)c1cc(Br)c2c(c1)c1cc(C(C)(C)C)cc(Br)c1n2-c1ccccc1. The Labute approximate surface area is 190 Å². The van der Waals surface area contributed by atoms with E-state index in [1.54, 1.807) is 0 Å². The van der Waals surface area contributed by atoms with Crippen LogP contribution in [0, 0.1) is 0 Å². The molecule has 0 amide bonds. The van der Waals surface area contributed by atoms with Crippen LogP contribution in [0.2, 0.25) is 0 Å². The normalized spacial score (nSPS) is 12.8. The number of hydrogen-bond acceptors (Lipinski definition) is 0. The summed E-state index contributed by atoms with van der Waals surface area (Å²) in [7, 11) is 0. The number of aromatic nitrogens is 1. The number of rotatable bonds is 1. The van der Waals surface area contributed by atoms with Gasteiger partial charge >= 0.3 is 0 Å². The van der Waals surface area contributed by atoms with E-state index in [0.29, 0.717) is 0 Å². The first-order chi connectivity index (χ1) is 13.5. The maximum Gasteiger partial charge on any atom is 0.0683 e. The molecule has 1 nitrogen and oxygen atoms in total. The van der Waals surface area contributed by atoms with Gasteiger partial charge in [-0.2, -0.15) is 0 Å². The minimum atomic E-state index is 0.0801. The van der Waals surface area contributed by atoms with E-state index in [0.717, 1.165) is 8.95 Å². The standard InChI is InChI=1S/C26H27Br2N/c1-25(2,3)16-12-19-20-13-17(26(4,5)6)15-22(28)24(20)29(23(19)21(27)14-16)18-10-8-7-9-11-18/h7-15H,1-6H3. The first-order valence-corrected chi connectivity index (χ1v) is 11.6. The van der Waals surface area contributed by atoms with Crippen molar-refractivity contribution in [3.8, 4) is 5.69 Å². The molecule has 0 atom stereocenters. The number of nitrogens with zero attached hydrogens (tertiary/aromatic N) is 1. The molecule has 1 aromatic heterocycles. The van der Waals surface area contributed by atoms with Gasteiger partial charge in [0.05, 0.1) is 11.0 Å². The molecule has 1 heterocycles. The number of halogens is 2. The van der Waals surface area contributed by atoms with Crippen molar-refractivity contribution in [1.82, 2.24) is 4.57 Å². The summed E-state index contributed by atoms with van der Waals surface area (Å²) >= 11 is 7.83. The Morgan fingerprint density at radius 1 is 0.621 bits per heavy atom. The van der Waals surface area contributed by atoms with Crippen LogP contribution in [0.15, 0.2) is 63.5 Å². The van der Waals surface area contributed by atoms with Crippen molar-refractivity contribution < 1.29 is 0 Å². The highest BCUT2D eigenvalue weighted by Gasteiger charge is 2.24. The second-order valence-electron chi connectivity index (χ2n) is 9.88. The lowest BCUT2D eigenvalue weighted by atomic mass is 9.85. The predicted molar refractivity (Wildman–Crippen MR) is 134 cm³/mol. The van der Waals surface area contributed by atoms with Gasteiger partial charge in [-0.3, -0.25) is 0 Å². The van der Waals surface area contributed by atoms with Crippen molar-refractivity contribution in [1.29, 1.82) is 0 Å². The van der Waals surface area contributed by atoms with Crippen molar-refractivity contribution in [2.45, 2.75) is 52.4 Å². The van der Waals surface area contributed by atoms with Crippen LogP contribution in [-0.4, -0.2) is 4.57 Å². The molecule has 0 aliphatic rings. The van der Waals surface area contributed by atoms with Gasteiger partial charge in [0.2, 0.25) is 0 Å². The van der Waals surface area contributed by atoms with Gasteiger partial charge in [0.1, 0.15) is 0 Å². The maximum atomic E-state index is 3.91. The van der Waals surface area contributed by atoms with Crippen LogP contribution in [0.25, 0.3) is 27.5 Å². The summed E-state index contributed by atoms with van der Waals surface area (Å²) in [6, 6.07) is 19.9. The predicted octanol–water partition coefficient (Wildman–Crippen LogP) is 8.90. The molecule has 0 bridgehead atoms. The summed E-state index contributed by atoms with van der Waals surface area (Å²) in [5, 5.41) is 2.57. The Bertz CT molecular complexity index is 1140. The fraction of sp³-hybridized carbons (Fsp3) is 0.308. The molecule has 0 saturated carbocycles. The van der Waals surface area contributed by atoms with Crippen molar-refractivity contribution >= 4 is 53.7 Å². The molecule has 0 saturated heterocycles. The smallest absolute Gasteiger partial charge is 0.0683 e. The summed E-state index contributed by atoms with van der Waals surface area (Å²) in [6.07, 6.45) is 0. The molecule has 3 aromatic carbocycles. The summed E-state index contributed by atoms with van der Waals surface area (Å²) in [4.78, 5) is 0. The third-order valence-corrected chi connectivity index (χ3v) is 6.82. The Morgan fingerprint density at radius 2 is 1.03 bits per heavy atom. The van der Waals surface area contributed by atoms with Gasteiger partial charge in [0, 0.05) is 25.4 Å². The van der Waals surface area contributed by atoms with Crippen molar-refractivity contribution in [2.75, 3.05) is 0 Å². The molecule has 0 aliphatic carbocycles.